The SMILES string of the molecule is CC(=O)O.CC(C)C(OC(=O)NCC1CCCCC1)OC(=O)C(C)(C)C. The number of carbonyl (C=O) groups is 3. The van der Waals surface area contributed by atoms with Gasteiger partial charge >= 0.3 is 12.1 Å². The van der Waals surface area contributed by atoms with Crippen molar-refractivity contribution in [3.05, 3.63) is 0 Å². The highest BCUT2D eigenvalue weighted by Crippen LogP contribution is 2.23. The molecule has 1 saturated carbocycles. The Labute approximate surface area is 156 Å². The molecule has 2 N–H and O–H groups in total. The summed E-state index contributed by atoms with van der Waals surface area (Å²) in [5.41, 5.74) is -0.616. The molecule has 1 aliphatic carbocycles. The van der Waals surface area contributed by atoms with E-state index < -0.39 is 23.8 Å². The molecular formula is C19H35NO6. The van der Waals surface area contributed by atoms with E-state index in [1.54, 1.807) is 20.8 Å². The minimum Gasteiger partial charge on any atom is -0.481 e. The summed E-state index contributed by atoms with van der Waals surface area (Å²) in [4.78, 5) is 32.8. The van der Waals surface area contributed by atoms with Crippen LogP contribution in [0.15, 0.2) is 0 Å². The van der Waals surface area contributed by atoms with E-state index >= 15 is 0 Å². The fourth-order valence-corrected chi connectivity index (χ4v) is 2.34. The van der Waals surface area contributed by atoms with Crippen molar-refractivity contribution in [1.29, 1.82) is 0 Å². The second kappa shape index (κ2) is 11.8. The van der Waals surface area contributed by atoms with Gasteiger partial charge < -0.3 is 19.9 Å². The molecule has 1 atom stereocenters. The molecule has 0 saturated heterocycles. The van der Waals surface area contributed by atoms with Gasteiger partial charge in [-0.25, -0.2) is 4.79 Å². The number of amides is 1. The molecule has 1 fully saturated rings. The van der Waals surface area contributed by atoms with E-state index in [0.717, 1.165) is 19.8 Å². The van der Waals surface area contributed by atoms with Gasteiger partial charge in [0.15, 0.2) is 0 Å². The molecule has 0 spiro atoms. The number of rotatable bonds is 5. The van der Waals surface area contributed by atoms with E-state index in [1.807, 2.05) is 13.8 Å². The Kier molecular flexibility index (Phi) is 10.9. The van der Waals surface area contributed by atoms with Crippen LogP contribution in [-0.4, -0.2) is 36.0 Å². The smallest absolute Gasteiger partial charge is 0.410 e. The highest BCUT2D eigenvalue weighted by molar-refractivity contribution is 5.75. The fourth-order valence-electron chi connectivity index (χ4n) is 2.34. The predicted octanol–water partition coefficient (Wildman–Crippen LogP) is 3.96. The van der Waals surface area contributed by atoms with E-state index in [4.69, 9.17) is 19.4 Å². The number of carboxylic acid groups (broad SMARTS) is 1. The monoisotopic (exact) mass is 373 g/mol. The lowest BCUT2D eigenvalue weighted by Gasteiger charge is -2.26. The number of hydrogen-bond acceptors (Lipinski definition) is 5. The maximum Gasteiger partial charge on any atom is 0.410 e. The average Bonchev–Trinajstić information content (AvgIpc) is 2.51. The minimum atomic E-state index is -0.849. The molecule has 0 aromatic carbocycles. The molecule has 1 unspecified atom stereocenters. The molecule has 0 aromatic heterocycles. The Bertz CT molecular complexity index is 445. The maximum absolute atomic E-state index is 11.9. The number of nitrogens with one attached hydrogen (secondary N) is 1. The molecular weight excluding hydrogens is 338 g/mol. The Morgan fingerprint density at radius 2 is 1.58 bits per heavy atom. The van der Waals surface area contributed by atoms with E-state index in [0.29, 0.717) is 12.5 Å². The first kappa shape index (κ1) is 24.2. The molecule has 0 bridgehead atoms. The zero-order valence-corrected chi connectivity index (χ0v) is 17.0. The van der Waals surface area contributed by atoms with Crippen molar-refractivity contribution in [3.8, 4) is 0 Å². The average molecular weight is 373 g/mol. The van der Waals surface area contributed by atoms with Crippen LogP contribution < -0.4 is 5.32 Å². The molecule has 0 aliphatic heterocycles. The lowest BCUT2D eigenvalue weighted by molar-refractivity contribution is -0.184. The molecule has 7 heteroatoms. The van der Waals surface area contributed by atoms with Crippen LogP contribution >= 0.6 is 0 Å². The number of alkyl carbamates (subject to hydrolysis) is 1. The van der Waals surface area contributed by atoms with Crippen molar-refractivity contribution in [2.45, 2.75) is 79.9 Å². The Balaban J connectivity index is 0.00000141. The first-order chi connectivity index (χ1) is 11.9. The molecule has 1 aliphatic rings. The summed E-state index contributed by atoms with van der Waals surface area (Å²) in [6.45, 7) is 10.8. The van der Waals surface area contributed by atoms with Crippen molar-refractivity contribution in [1.82, 2.24) is 5.32 Å². The van der Waals surface area contributed by atoms with Gasteiger partial charge in [-0.1, -0.05) is 33.1 Å². The number of ether oxygens (including phenoxy) is 2. The zero-order chi connectivity index (χ0) is 20.3. The van der Waals surface area contributed by atoms with Crippen LogP contribution in [0.5, 0.6) is 0 Å². The van der Waals surface area contributed by atoms with E-state index in [-0.39, 0.29) is 11.9 Å². The van der Waals surface area contributed by atoms with Crippen LogP contribution in [0.1, 0.15) is 73.6 Å². The fraction of sp³-hybridized carbons (Fsp3) is 0.842. The van der Waals surface area contributed by atoms with Gasteiger partial charge in [0, 0.05) is 19.4 Å². The lowest BCUT2D eigenvalue weighted by atomic mass is 9.89. The summed E-state index contributed by atoms with van der Waals surface area (Å²) in [6.07, 6.45) is 4.72. The number of hydrogen-bond donors (Lipinski definition) is 2. The molecule has 152 valence electrons. The van der Waals surface area contributed by atoms with E-state index in [9.17, 15) is 9.59 Å². The standard InChI is InChI=1S/C17H31NO4.C2H4O2/c1-12(2)14(21-15(19)17(3,4)5)22-16(20)18-11-13-9-7-6-8-10-13;1-2(3)4/h12-14H,6-11H2,1-5H3,(H,18,20);1H3,(H,3,4). The third-order valence-corrected chi connectivity index (χ3v) is 3.86. The Hall–Kier alpha value is -1.79. The summed E-state index contributed by atoms with van der Waals surface area (Å²) in [7, 11) is 0. The van der Waals surface area contributed by atoms with Crippen LogP contribution in [0.3, 0.4) is 0 Å². The van der Waals surface area contributed by atoms with Gasteiger partial charge in [0.25, 0.3) is 12.3 Å². The Morgan fingerprint density at radius 1 is 1.08 bits per heavy atom. The summed E-state index contributed by atoms with van der Waals surface area (Å²) < 4.78 is 10.6. The van der Waals surface area contributed by atoms with Crippen molar-refractivity contribution in [3.63, 3.8) is 0 Å². The van der Waals surface area contributed by atoms with E-state index in [2.05, 4.69) is 5.32 Å². The number of aliphatic carboxylic acids is 1. The van der Waals surface area contributed by atoms with Gasteiger partial charge in [-0.3, -0.25) is 9.59 Å². The first-order valence-electron chi connectivity index (χ1n) is 9.28. The van der Waals surface area contributed by atoms with Crippen LogP contribution in [0.4, 0.5) is 4.79 Å². The quantitative estimate of drug-likeness (QED) is 0.559. The Morgan fingerprint density at radius 3 is 2.00 bits per heavy atom. The maximum atomic E-state index is 11.9. The number of esters is 1. The van der Waals surface area contributed by atoms with E-state index in [1.165, 1.54) is 19.3 Å². The van der Waals surface area contributed by atoms with Crippen LogP contribution in [0.25, 0.3) is 0 Å². The number of carbonyl (C=O) groups excluding carboxylic acids is 2. The first-order valence-corrected chi connectivity index (χ1v) is 9.28. The predicted molar refractivity (Wildman–Crippen MR) is 98.5 cm³/mol. The molecule has 1 rings (SSSR count). The van der Waals surface area contributed by atoms with Crippen molar-refractivity contribution >= 4 is 18.0 Å². The summed E-state index contributed by atoms with van der Waals surface area (Å²) in [6, 6.07) is 0. The molecule has 1 amide bonds. The molecule has 26 heavy (non-hydrogen) atoms. The van der Waals surface area contributed by atoms with Crippen LogP contribution in [0, 0.1) is 17.3 Å². The van der Waals surface area contributed by atoms with Crippen LogP contribution in [0.2, 0.25) is 0 Å². The molecule has 0 heterocycles. The van der Waals surface area contributed by atoms with Gasteiger partial charge in [-0.2, -0.15) is 0 Å². The summed E-state index contributed by atoms with van der Waals surface area (Å²) in [5, 5.41) is 10.2. The third kappa shape index (κ3) is 11.7. The van der Waals surface area contributed by atoms with Gasteiger partial charge in [0.05, 0.1) is 5.41 Å². The zero-order valence-electron chi connectivity index (χ0n) is 17.0. The highest BCUT2D eigenvalue weighted by Gasteiger charge is 2.30. The van der Waals surface area contributed by atoms with Crippen molar-refractivity contribution in [2.75, 3.05) is 6.54 Å². The van der Waals surface area contributed by atoms with Gasteiger partial charge in [-0.15, -0.1) is 0 Å². The summed E-state index contributed by atoms with van der Waals surface area (Å²) >= 11 is 0. The topological polar surface area (TPSA) is 102 Å². The lowest BCUT2D eigenvalue weighted by Crippen LogP contribution is -2.38. The normalized spacial score (nSPS) is 16.1. The second-order valence-corrected chi connectivity index (χ2v) is 8.08. The van der Waals surface area contributed by atoms with Crippen molar-refractivity contribution in [2.24, 2.45) is 17.3 Å². The summed E-state index contributed by atoms with van der Waals surface area (Å²) in [5.74, 6) is -0.756. The molecule has 0 radical (unpaired) electrons. The van der Waals surface area contributed by atoms with Crippen LogP contribution in [-0.2, 0) is 19.1 Å². The van der Waals surface area contributed by atoms with Gasteiger partial charge in [0.1, 0.15) is 0 Å². The third-order valence-electron chi connectivity index (χ3n) is 3.86. The van der Waals surface area contributed by atoms with Gasteiger partial charge in [0.2, 0.25) is 0 Å². The highest BCUT2D eigenvalue weighted by atomic mass is 16.7. The second-order valence-electron chi connectivity index (χ2n) is 8.08. The molecule has 7 nitrogen and oxygen atoms in total. The minimum absolute atomic E-state index is 0.0910. The number of carboxylic acids is 1. The molecule has 0 aromatic rings. The largest absolute Gasteiger partial charge is 0.481 e. The van der Waals surface area contributed by atoms with Crippen molar-refractivity contribution < 1.29 is 29.0 Å². The van der Waals surface area contributed by atoms with Gasteiger partial charge in [-0.05, 0) is 39.5 Å².